The molecule has 9 nitrogen and oxygen atoms in total. The van der Waals surface area contributed by atoms with Crippen molar-refractivity contribution in [1.29, 1.82) is 0 Å². The molecule has 0 bridgehead atoms. The smallest absolute Gasteiger partial charge is 0.292 e. The molecule has 0 aliphatic rings. The van der Waals surface area contributed by atoms with E-state index in [0.29, 0.717) is 0 Å². The Morgan fingerprint density at radius 2 is 1.63 bits per heavy atom. The minimum absolute atomic E-state index is 0.225. The number of hydrogen-bond acceptors (Lipinski definition) is 8. The van der Waals surface area contributed by atoms with E-state index in [-0.39, 0.29) is 6.42 Å². The second-order valence-corrected chi connectivity index (χ2v) is 4.12. The molecule has 0 heterocycles. The standard InChI is InChI=1S/C10H19NO8/c1-4(13)2-6(15)11-10(19)9(18)8(17)7(16)5(14)3-12/h4-8,12-17H,2-3H2,1H3,(H,11,19)/t4-,5-,6?,7-,8+/m1/s1. The van der Waals surface area contributed by atoms with E-state index in [4.69, 9.17) is 15.3 Å². The second kappa shape index (κ2) is 8.15. The molecule has 0 aliphatic carbocycles. The molecule has 0 fully saturated rings. The minimum Gasteiger partial charge on any atom is -0.394 e. The van der Waals surface area contributed by atoms with Crippen molar-refractivity contribution in [3.63, 3.8) is 0 Å². The number of aliphatic hydroxyl groups is 6. The molecular weight excluding hydrogens is 262 g/mol. The van der Waals surface area contributed by atoms with Crippen molar-refractivity contribution >= 4 is 11.7 Å². The third-order valence-electron chi connectivity index (χ3n) is 2.26. The summed E-state index contributed by atoms with van der Waals surface area (Å²) in [4.78, 5) is 22.6. The Bertz CT molecular complexity index is 308. The molecule has 5 atom stereocenters. The van der Waals surface area contributed by atoms with E-state index in [1.54, 1.807) is 5.32 Å². The lowest BCUT2D eigenvalue weighted by Gasteiger charge is -2.21. The lowest BCUT2D eigenvalue weighted by atomic mass is 10.0. The Morgan fingerprint density at radius 3 is 2.05 bits per heavy atom. The fourth-order valence-electron chi connectivity index (χ4n) is 1.21. The van der Waals surface area contributed by atoms with Gasteiger partial charge in [-0.3, -0.25) is 9.59 Å². The summed E-state index contributed by atoms with van der Waals surface area (Å²) in [6, 6.07) is 0. The van der Waals surface area contributed by atoms with Crippen molar-refractivity contribution in [2.24, 2.45) is 0 Å². The Labute approximate surface area is 109 Å². The molecule has 112 valence electrons. The molecule has 1 amide bonds. The summed E-state index contributed by atoms with van der Waals surface area (Å²) in [6.07, 6.45) is -8.69. The predicted octanol–water partition coefficient (Wildman–Crippen LogP) is -4.16. The number of ketones is 1. The van der Waals surface area contributed by atoms with Crippen molar-refractivity contribution in [3.8, 4) is 0 Å². The van der Waals surface area contributed by atoms with Gasteiger partial charge in [0.15, 0.2) is 6.10 Å². The minimum atomic E-state index is -2.24. The van der Waals surface area contributed by atoms with E-state index >= 15 is 0 Å². The quantitative estimate of drug-likeness (QED) is 0.174. The summed E-state index contributed by atoms with van der Waals surface area (Å²) in [5, 5.41) is 56.0. The van der Waals surface area contributed by atoms with Gasteiger partial charge in [-0.2, -0.15) is 0 Å². The number of amides is 1. The first-order valence-electron chi connectivity index (χ1n) is 5.56. The van der Waals surface area contributed by atoms with Crippen molar-refractivity contribution < 1.29 is 40.2 Å². The molecule has 0 saturated carbocycles. The third kappa shape index (κ3) is 6.05. The maximum Gasteiger partial charge on any atom is 0.292 e. The van der Waals surface area contributed by atoms with Gasteiger partial charge in [-0.15, -0.1) is 0 Å². The van der Waals surface area contributed by atoms with E-state index in [0.717, 1.165) is 0 Å². The molecular formula is C10H19NO8. The van der Waals surface area contributed by atoms with Gasteiger partial charge in [0, 0.05) is 6.42 Å². The molecule has 0 aromatic carbocycles. The van der Waals surface area contributed by atoms with Crippen LogP contribution >= 0.6 is 0 Å². The maximum atomic E-state index is 11.3. The first-order chi connectivity index (χ1) is 8.70. The second-order valence-electron chi connectivity index (χ2n) is 4.12. The van der Waals surface area contributed by atoms with Gasteiger partial charge < -0.3 is 36.0 Å². The van der Waals surface area contributed by atoms with Gasteiger partial charge in [0.2, 0.25) is 0 Å². The van der Waals surface area contributed by atoms with Crippen molar-refractivity contribution in [1.82, 2.24) is 5.32 Å². The van der Waals surface area contributed by atoms with Crippen LogP contribution in [0.3, 0.4) is 0 Å². The lowest BCUT2D eigenvalue weighted by Crippen LogP contribution is -2.50. The summed E-state index contributed by atoms with van der Waals surface area (Å²) in [5.41, 5.74) is 0. The van der Waals surface area contributed by atoms with Crippen LogP contribution < -0.4 is 5.32 Å². The van der Waals surface area contributed by atoms with Gasteiger partial charge in [0.1, 0.15) is 18.4 Å². The van der Waals surface area contributed by atoms with Gasteiger partial charge >= 0.3 is 0 Å². The topological polar surface area (TPSA) is 168 Å². The molecule has 0 aromatic rings. The van der Waals surface area contributed by atoms with Crippen LogP contribution in [0.2, 0.25) is 0 Å². The molecule has 0 rings (SSSR count). The van der Waals surface area contributed by atoms with Gasteiger partial charge in [0.05, 0.1) is 12.7 Å². The Morgan fingerprint density at radius 1 is 1.11 bits per heavy atom. The van der Waals surface area contributed by atoms with Crippen LogP contribution in [0.15, 0.2) is 0 Å². The van der Waals surface area contributed by atoms with Crippen molar-refractivity contribution in [3.05, 3.63) is 0 Å². The number of carbonyl (C=O) groups excluding carboxylic acids is 2. The average molecular weight is 281 g/mol. The number of aliphatic hydroxyl groups excluding tert-OH is 6. The highest BCUT2D eigenvalue weighted by molar-refractivity contribution is 6.38. The number of Topliss-reactive ketones (excluding diaryl/α,β-unsaturated/α-hetero) is 1. The van der Waals surface area contributed by atoms with E-state index in [1.165, 1.54) is 6.92 Å². The molecule has 1 unspecified atom stereocenters. The van der Waals surface area contributed by atoms with Gasteiger partial charge in [-0.25, -0.2) is 0 Å². The van der Waals surface area contributed by atoms with Crippen molar-refractivity contribution in [2.75, 3.05) is 6.61 Å². The first-order valence-corrected chi connectivity index (χ1v) is 5.56. The molecule has 7 N–H and O–H groups in total. The lowest BCUT2D eigenvalue weighted by molar-refractivity contribution is -0.152. The highest BCUT2D eigenvalue weighted by Crippen LogP contribution is 2.02. The molecule has 0 aromatic heterocycles. The maximum absolute atomic E-state index is 11.3. The number of rotatable bonds is 8. The SMILES string of the molecule is C[C@@H](O)CC(O)NC(=O)C(=O)[C@@H](O)[C@H](O)[C@H](O)CO. The Kier molecular flexibility index (Phi) is 7.68. The number of nitrogens with one attached hydrogen (secondary N) is 1. The fourth-order valence-corrected chi connectivity index (χ4v) is 1.21. The van der Waals surface area contributed by atoms with Gasteiger partial charge in [-0.1, -0.05) is 0 Å². The Hall–Kier alpha value is -1.10. The largest absolute Gasteiger partial charge is 0.394 e. The molecule has 0 radical (unpaired) electrons. The van der Waals surface area contributed by atoms with Crippen LogP contribution in [0.4, 0.5) is 0 Å². The molecule has 0 spiro atoms. The summed E-state index contributed by atoms with van der Waals surface area (Å²) in [7, 11) is 0. The summed E-state index contributed by atoms with van der Waals surface area (Å²) < 4.78 is 0. The summed E-state index contributed by atoms with van der Waals surface area (Å²) in [5.74, 6) is -2.87. The summed E-state index contributed by atoms with van der Waals surface area (Å²) >= 11 is 0. The summed E-state index contributed by atoms with van der Waals surface area (Å²) in [6.45, 7) is 0.450. The first kappa shape index (κ1) is 17.9. The third-order valence-corrected chi connectivity index (χ3v) is 2.26. The normalized spacial score (nSPS) is 19.1. The van der Waals surface area contributed by atoms with E-state index in [2.05, 4.69) is 0 Å². The van der Waals surface area contributed by atoms with E-state index < -0.39 is 48.9 Å². The highest BCUT2D eigenvalue weighted by Gasteiger charge is 2.34. The molecule has 9 heteroatoms. The van der Waals surface area contributed by atoms with Crippen LogP contribution in [-0.4, -0.2) is 79.6 Å². The zero-order valence-electron chi connectivity index (χ0n) is 10.3. The van der Waals surface area contributed by atoms with Crippen LogP contribution in [0, 0.1) is 0 Å². The molecule has 0 saturated heterocycles. The predicted molar refractivity (Wildman–Crippen MR) is 60.6 cm³/mol. The molecule has 0 aliphatic heterocycles. The number of hydrogen-bond donors (Lipinski definition) is 7. The molecule has 19 heavy (non-hydrogen) atoms. The monoisotopic (exact) mass is 281 g/mol. The average Bonchev–Trinajstić information content (AvgIpc) is 2.33. The van der Waals surface area contributed by atoms with Crippen LogP contribution in [0.25, 0.3) is 0 Å². The number of carbonyl (C=O) groups is 2. The van der Waals surface area contributed by atoms with Gasteiger partial charge in [0.25, 0.3) is 11.7 Å². The fraction of sp³-hybridized carbons (Fsp3) is 0.800. The van der Waals surface area contributed by atoms with Crippen LogP contribution in [0.1, 0.15) is 13.3 Å². The van der Waals surface area contributed by atoms with Gasteiger partial charge in [-0.05, 0) is 6.92 Å². The van der Waals surface area contributed by atoms with Crippen LogP contribution in [-0.2, 0) is 9.59 Å². The van der Waals surface area contributed by atoms with E-state index in [1.807, 2.05) is 0 Å². The van der Waals surface area contributed by atoms with Crippen molar-refractivity contribution in [2.45, 2.75) is 44.0 Å². The zero-order valence-corrected chi connectivity index (χ0v) is 10.3. The van der Waals surface area contributed by atoms with E-state index in [9.17, 15) is 24.9 Å². The zero-order chi connectivity index (χ0) is 15.2. The van der Waals surface area contributed by atoms with Crippen LogP contribution in [0.5, 0.6) is 0 Å². The highest BCUT2D eigenvalue weighted by atomic mass is 16.4. The Balaban J connectivity index is 4.44.